The summed E-state index contributed by atoms with van der Waals surface area (Å²) in [6, 6.07) is 12.6. The van der Waals surface area contributed by atoms with Crippen molar-refractivity contribution in [3.05, 3.63) is 52.5 Å². The van der Waals surface area contributed by atoms with Gasteiger partial charge in [0.1, 0.15) is 5.75 Å². The number of benzene rings is 2. The molecule has 0 saturated carbocycles. The van der Waals surface area contributed by atoms with Gasteiger partial charge in [-0.2, -0.15) is 0 Å². The number of nitrogens with one attached hydrogen (secondary N) is 1. The molecule has 1 atom stereocenters. The second-order valence-corrected chi connectivity index (χ2v) is 6.79. The highest BCUT2D eigenvalue weighted by molar-refractivity contribution is 7.99. The first-order valence-corrected chi connectivity index (χ1v) is 8.37. The highest BCUT2D eigenvalue weighted by atomic mass is 35.5. The Labute approximate surface area is 134 Å². The van der Waals surface area contributed by atoms with Crippen LogP contribution in [0.2, 0.25) is 5.02 Å². The Morgan fingerprint density at radius 1 is 1.24 bits per heavy atom. The molecule has 0 saturated heterocycles. The van der Waals surface area contributed by atoms with Gasteiger partial charge in [-0.25, -0.2) is 0 Å². The predicted molar refractivity (Wildman–Crippen MR) is 90.9 cm³/mol. The van der Waals surface area contributed by atoms with Crippen molar-refractivity contribution in [3.8, 4) is 5.75 Å². The molecule has 0 aromatic heterocycles. The van der Waals surface area contributed by atoms with E-state index in [1.54, 1.807) is 7.11 Å². The van der Waals surface area contributed by atoms with Crippen LogP contribution in [0.3, 0.4) is 0 Å². The fourth-order valence-electron chi connectivity index (χ4n) is 2.64. The fraction of sp³-hybridized carbons (Fsp3) is 0.294. The minimum atomic E-state index is 0.274. The number of rotatable bonds is 3. The Balaban J connectivity index is 1.93. The van der Waals surface area contributed by atoms with Crippen molar-refractivity contribution in [3.63, 3.8) is 0 Å². The van der Waals surface area contributed by atoms with Gasteiger partial charge in [0, 0.05) is 15.7 Å². The summed E-state index contributed by atoms with van der Waals surface area (Å²) >= 11 is 8.06. The second-order valence-electron chi connectivity index (χ2n) is 5.22. The van der Waals surface area contributed by atoms with Crippen molar-refractivity contribution in [1.82, 2.24) is 0 Å². The number of thioether (sulfide) groups is 1. The molecule has 110 valence electrons. The zero-order chi connectivity index (χ0) is 14.8. The molecule has 0 radical (unpaired) electrons. The van der Waals surface area contributed by atoms with E-state index in [1.807, 2.05) is 23.9 Å². The summed E-state index contributed by atoms with van der Waals surface area (Å²) in [6.45, 7) is 2.09. The summed E-state index contributed by atoms with van der Waals surface area (Å²) in [5.74, 6) is 1.99. The lowest BCUT2D eigenvalue weighted by Crippen LogP contribution is -2.16. The molecule has 1 N–H and O–H groups in total. The van der Waals surface area contributed by atoms with Crippen molar-refractivity contribution in [1.29, 1.82) is 0 Å². The molecule has 1 aliphatic rings. The minimum absolute atomic E-state index is 0.274. The van der Waals surface area contributed by atoms with E-state index < -0.39 is 0 Å². The van der Waals surface area contributed by atoms with Crippen LogP contribution in [-0.4, -0.2) is 12.9 Å². The van der Waals surface area contributed by atoms with Crippen LogP contribution >= 0.6 is 23.4 Å². The molecule has 21 heavy (non-hydrogen) atoms. The summed E-state index contributed by atoms with van der Waals surface area (Å²) in [7, 11) is 1.71. The first-order valence-electron chi connectivity index (χ1n) is 7.01. The lowest BCUT2D eigenvalue weighted by atomic mass is 10.0. The molecule has 0 spiro atoms. The number of ether oxygens (including phenoxy) is 1. The molecule has 1 heterocycles. The van der Waals surface area contributed by atoms with Crippen LogP contribution in [0, 0.1) is 6.92 Å². The van der Waals surface area contributed by atoms with Gasteiger partial charge in [0.05, 0.1) is 18.8 Å². The maximum atomic E-state index is 6.17. The van der Waals surface area contributed by atoms with Gasteiger partial charge in [-0.1, -0.05) is 17.7 Å². The third kappa shape index (κ3) is 3.14. The maximum absolute atomic E-state index is 6.17. The van der Waals surface area contributed by atoms with E-state index in [-0.39, 0.29) is 6.04 Å². The molecular formula is C17H18ClNOS. The van der Waals surface area contributed by atoms with Gasteiger partial charge in [0.15, 0.2) is 0 Å². The molecule has 3 rings (SSSR count). The molecule has 0 fully saturated rings. The van der Waals surface area contributed by atoms with Crippen molar-refractivity contribution in [2.24, 2.45) is 0 Å². The van der Waals surface area contributed by atoms with Gasteiger partial charge in [-0.15, -0.1) is 11.8 Å². The molecular weight excluding hydrogens is 302 g/mol. The molecule has 0 bridgehead atoms. The Bertz CT molecular complexity index is 659. The zero-order valence-corrected chi connectivity index (χ0v) is 13.7. The molecule has 4 heteroatoms. The molecule has 2 nitrogen and oxygen atoms in total. The highest BCUT2D eigenvalue weighted by Crippen LogP contribution is 2.40. The zero-order valence-electron chi connectivity index (χ0n) is 12.2. The second kappa shape index (κ2) is 6.20. The Morgan fingerprint density at radius 3 is 2.90 bits per heavy atom. The first-order chi connectivity index (χ1) is 10.2. The van der Waals surface area contributed by atoms with Crippen LogP contribution in [0.15, 0.2) is 41.3 Å². The quantitative estimate of drug-likeness (QED) is 0.828. The smallest absolute Gasteiger partial charge is 0.141 e. The van der Waals surface area contributed by atoms with Gasteiger partial charge >= 0.3 is 0 Å². The molecule has 2 aromatic carbocycles. The van der Waals surface area contributed by atoms with Crippen LogP contribution in [0.5, 0.6) is 5.75 Å². The largest absolute Gasteiger partial charge is 0.495 e. The molecule has 1 unspecified atom stereocenters. The van der Waals surface area contributed by atoms with Gasteiger partial charge in [-0.05, 0) is 54.8 Å². The van der Waals surface area contributed by atoms with Crippen LogP contribution in [0.4, 0.5) is 5.69 Å². The van der Waals surface area contributed by atoms with Crippen molar-refractivity contribution >= 4 is 29.1 Å². The normalized spacial score (nSPS) is 17.2. The Hall–Kier alpha value is -1.32. The van der Waals surface area contributed by atoms with E-state index in [0.717, 1.165) is 28.6 Å². The third-order valence-corrected chi connectivity index (χ3v) is 5.05. The average Bonchev–Trinajstić information content (AvgIpc) is 2.48. The summed E-state index contributed by atoms with van der Waals surface area (Å²) in [4.78, 5) is 1.31. The van der Waals surface area contributed by atoms with E-state index in [9.17, 15) is 0 Å². The average molecular weight is 320 g/mol. The molecule has 1 aliphatic heterocycles. The monoisotopic (exact) mass is 319 g/mol. The standard InChI is InChI=1S/C17H18ClNOS/c1-11-3-5-16(20-2)15(9-11)19-14-7-8-21-17-6-4-12(18)10-13(14)17/h3-6,9-10,14,19H,7-8H2,1-2H3. The summed E-state index contributed by atoms with van der Waals surface area (Å²) in [5, 5.41) is 4.42. The third-order valence-electron chi connectivity index (χ3n) is 3.70. The number of methoxy groups -OCH3 is 1. The van der Waals surface area contributed by atoms with Crippen LogP contribution in [0.1, 0.15) is 23.6 Å². The van der Waals surface area contributed by atoms with Gasteiger partial charge in [0.2, 0.25) is 0 Å². The van der Waals surface area contributed by atoms with Crippen molar-refractivity contribution in [2.45, 2.75) is 24.3 Å². The SMILES string of the molecule is COc1ccc(C)cc1NC1CCSc2ccc(Cl)cc21. The first kappa shape index (κ1) is 14.6. The van der Waals surface area contributed by atoms with Crippen LogP contribution in [0.25, 0.3) is 0 Å². The Morgan fingerprint density at radius 2 is 2.10 bits per heavy atom. The number of hydrogen-bond acceptors (Lipinski definition) is 3. The van der Waals surface area contributed by atoms with Crippen molar-refractivity contribution in [2.75, 3.05) is 18.2 Å². The van der Waals surface area contributed by atoms with E-state index in [0.29, 0.717) is 0 Å². The van der Waals surface area contributed by atoms with Crippen LogP contribution in [-0.2, 0) is 0 Å². The fourth-order valence-corrected chi connectivity index (χ4v) is 3.92. The summed E-state index contributed by atoms with van der Waals surface area (Å²) in [6.07, 6.45) is 1.08. The van der Waals surface area contributed by atoms with E-state index in [4.69, 9.17) is 16.3 Å². The number of anilines is 1. The predicted octanol–water partition coefficient (Wildman–Crippen LogP) is 5.31. The minimum Gasteiger partial charge on any atom is -0.495 e. The topological polar surface area (TPSA) is 21.3 Å². The molecule has 2 aromatic rings. The Kier molecular flexibility index (Phi) is 4.32. The van der Waals surface area contributed by atoms with E-state index in [1.165, 1.54) is 16.0 Å². The number of halogens is 1. The van der Waals surface area contributed by atoms with E-state index in [2.05, 4.69) is 36.5 Å². The number of fused-ring (bicyclic) bond motifs is 1. The summed E-state index contributed by atoms with van der Waals surface area (Å²) in [5.41, 5.74) is 3.54. The summed E-state index contributed by atoms with van der Waals surface area (Å²) < 4.78 is 5.46. The molecule has 0 aliphatic carbocycles. The van der Waals surface area contributed by atoms with Crippen LogP contribution < -0.4 is 10.1 Å². The number of hydrogen-bond donors (Lipinski definition) is 1. The number of aryl methyl sites for hydroxylation is 1. The molecule has 0 amide bonds. The van der Waals surface area contributed by atoms with Gasteiger partial charge < -0.3 is 10.1 Å². The van der Waals surface area contributed by atoms with E-state index >= 15 is 0 Å². The van der Waals surface area contributed by atoms with Crippen molar-refractivity contribution < 1.29 is 4.74 Å². The maximum Gasteiger partial charge on any atom is 0.141 e. The lowest BCUT2D eigenvalue weighted by Gasteiger charge is -2.27. The lowest BCUT2D eigenvalue weighted by molar-refractivity contribution is 0.415. The highest BCUT2D eigenvalue weighted by Gasteiger charge is 2.22. The van der Waals surface area contributed by atoms with Gasteiger partial charge in [-0.3, -0.25) is 0 Å². The van der Waals surface area contributed by atoms with Gasteiger partial charge in [0.25, 0.3) is 0 Å².